The van der Waals surface area contributed by atoms with Crippen molar-refractivity contribution < 1.29 is 9.53 Å². The summed E-state index contributed by atoms with van der Waals surface area (Å²) in [6.45, 7) is 10.1. The van der Waals surface area contributed by atoms with Crippen molar-refractivity contribution in [3.8, 4) is 5.75 Å². The summed E-state index contributed by atoms with van der Waals surface area (Å²) < 4.78 is 5.30. The average molecular weight is 345 g/mol. The first-order valence-electron chi connectivity index (χ1n) is 9.56. The highest BCUT2D eigenvalue weighted by Gasteiger charge is 2.30. The van der Waals surface area contributed by atoms with E-state index in [1.54, 1.807) is 7.11 Å². The molecule has 0 N–H and O–H groups in total. The molecule has 1 aromatic rings. The molecular formula is C20H31N3O2. The molecule has 0 unspecified atom stereocenters. The Bertz CT molecular complexity index is 562. The molecule has 0 radical (unpaired) electrons. The number of benzene rings is 1. The second kappa shape index (κ2) is 8.68. The molecule has 0 spiro atoms. The van der Waals surface area contributed by atoms with Gasteiger partial charge in [-0.2, -0.15) is 0 Å². The largest absolute Gasteiger partial charge is 0.497 e. The lowest BCUT2D eigenvalue weighted by Crippen LogP contribution is -2.51. The fourth-order valence-corrected chi connectivity index (χ4v) is 3.91. The van der Waals surface area contributed by atoms with Crippen LogP contribution >= 0.6 is 0 Å². The number of rotatable bonds is 5. The quantitative estimate of drug-likeness (QED) is 0.819. The van der Waals surface area contributed by atoms with Crippen LogP contribution in [0.25, 0.3) is 0 Å². The maximum Gasteiger partial charge on any atom is 0.225 e. The third-order valence-electron chi connectivity index (χ3n) is 5.61. The van der Waals surface area contributed by atoms with Crippen LogP contribution in [0, 0.1) is 5.92 Å². The van der Waals surface area contributed by atoms with Gasteiger partial charge < -0.3 is 14.5 Å². The van der Waals surface area contributed by atoms with Crippen LogP contribution in [-0.4, -0.2) is 73.5 Å². The van der Waals surface area contributed by atoms with Gasteiger partial charge in [-0.3, -0.25) is 9.69 Å². The van der Waals surface area contributed by atoms with Gasteiger partial charge in [-0.25, -0.2) is 0 Å². The van der Waals surface area contributed by atoms with E-state index in [0.29, 0.717) is 5.91 Å². The summed E-state index contributed by atoms with van der Waals surface area (Å²) in [5, 5.41) is 0. The summed E-state index contributed by atoms with van der Waals surface area (Å²) in [6.07, 6.45) is 1.97. The molecule has 2 aliphatic heterocycles. The van der Waals surface area contributed by atoms with Crippen LogP contribution in [0.1, 0.15) is 25.3 Å². The van der Waals surface area contributed by atoms with Crippen molar-refractivity contribution in [1.29, 1.82) is 0 Å². The van der Waals surface area contributed by atoms with Crippen molar-refractivity contribution in [2.24, 2.45) is 5.92 Å². The van der Waals surface area contributed by atoms with Gasteiger partial charge in [0.05, 0.1) is 7.11 Å². The maximum absolute atomic E-state index is 12.8. The van der Waals surface area contributed by atoms with E-state index in [2.05, 4.69) is 33.8 Å². The minimum absolute atomic E-state index is 0.217. The zero-order valence-electron chi connectivity index (χ0n) is 15.6. The third kappa shape index (κ3) is 4.73. The van der Waals surface area contributed by atoms with E-state index in [-0.39, 0.29) is 5.92 Å². The van der Waals surface area contributed by atoms with Crippen molar-refractivity contribution in [3.05, 3.63) is 29.8 Å². The lowest BCUT2D eigenvalue weighted by atomic mass is 9.94. The Morgan fingerprint density at radius 3 is 2.44 bits per heavy atom. The molecule has 1 amide bonds. The molecule has 1 aromatic carbocycles. The summed E-state index contributed by atoms with van der Waals surface area (Å²) in [6, 6.07) is 8.27. The van der Waals surface area contributed by atoms with E-state index >= 15 is 0 Å². The number of likely N-dealkylation sites (N-methyl/N-ethyl adjacent to an activating group) is 1. The molecule has 5 nitrogen and oxygen atoms in total. The summed E-state index contributed by atoms with van der Waals surface area (Å²) in [7, 11) is 1.70. The van der Waals surface area contributed by atoms with Crippen LogP contribution in [0.3, 0.4) is 0 Å². The molecule has 0 aromatic heterocycles. The summed E-state index contributed by atoms with van der Waals surface area (Å²) in [4.78, 5) is 19.7. The Labute approximate surface area is 151 Å². The molecule has 0 saturated carbocycles. The molecule has 5 heteroatoms. The first-order chi connectivity index (χ1) is 12.2. The zero-order valence-corrected chi connectivity index (χ0v) is 15.6. The Morgan fingerprint density at radius 1 is 1.08 bits per heavy atom. The van der Waals surface area contributed by atoms with Gasteiger partial charge in [-0.15, -0.1) is 0 Å². The van der Waals surface area contributed by atoms with E-state index in [1.165, 1.54) is 5.56 Å². The van der Waals surface area contributed by atoms with E-state index < -0.39 is 0 Å². The highest BCUT2D eigenvalue weighted by Crippen LogP contribution is 2.23. The fourth-order valence-electron chi connectivity index (χ4n) is 3.91. The number of piperazine rings is 1. The van der Waals surface area contributed by atoms with Crippen molar-refractivity contribution in [2.45, 2.75) is 26.3 Å². The number of piperidine rings is 1. The van der Waals surface area contributed by atoms with Crippen LogP contribution in [-0.2, 0) is 11.3 Å². The predicted octanol–water partition coefficient (Wildman–Crippen LogP) is 2.07. The molecule has 2 fully saturated rings. The van der Waals surface area contributed by atoms with Crippen LogP contribution in [0.15, 0.2) is 24.3 Å². The van der Waals surface area contributed by atoms with Gasteiger partial charge in [-0.1, -0.05) is 19.1 Å². The molecular weight excluding hydrogens is 314 g/mol. The number of methoxy groups -OCH3 is 1. The smallest absolute Gasteiger partial charge is 0.225 e. The van der Waals surface area contributed by atoms with Crippen molar-refractivity contribution in [2.75, 3.05) is 52.9 Å². The molecule has 2 saturated heterocycles. The van der Waals surface area contributed by atoms with Crippen molar-refractivity contribution >= 4 is 5.91 Å². The Balaban J connectivity index is 1.46. The minimum Gasteiger partial charge on any atom is -0.497 e. The van der Waals surface area contributed by atoms with Crippen molar-refractivity contribution in [3.63, 3.8) is 0 Å². The van der Waals surface area contributed by atoms with Crippen LogP contribution < -0.4 is 4.74 Å². The van der Waals surface area contributed by atoms with Gasteiger partial charge in [-0.05, 0) is 50.2 Å². The second-order valence-corrected chi connectivity index (χ2v) is 7.16. The van der Waals surface area contributed by atoms with Gasteiger partial charge in [0, 0.05) is 38.6 Å². The van der Waals surface area contributed by atoms with Crippen LogP contribution in [0.4, 0.5) is 0 Å². The third-order valence-corrected chi connectivity index (χ3v) is 5.61. The zero-order chi connectivity index (χ0) is 17.6. The number of ether oxygens (including phenoxy) is 1. The number of hydrogen-bond acceptors (Lipinski definition) is 4. The normalized spacial score (nSPS) is 20.6. The molecule has 2 heterocycles. The lowest BCUT2D eigenvalue weighted by molar-refractivity contribution is -0.138. The molecule has 0 bridgehead atoms. The van der Waals surface area contributed by atoms with Gasteiger partial charge in [0.1, 0.15) is 5.75 Å². The number of nitrogens with zero attached hydrogens (tertiary/aromatic N) is 3. The standard InChI is InChI=1S/C20H31N3O2/c1-3-21-11-13-23(14-12-21)20(24)18-7-9-22(10-8-18)16-17-5-4-6-19(15-17)25-2/h4-6,15,18H,3,7-14,16H2,1-2H3. The average Bonchev–Trinajstić information content (AvgIpc) is 2.68. The van der Waals surface area contributed by atoms with E-state index in [0.717, 1.165) is 70.9 Å². The summed E-state index contributed by atoms with van der Waals surface area (Å²) in [5.41, 5.74) is 1.28. The Kier molecular flexibility index (Phi) is 6.32. The van der Waals surface area contributed by atoms with Gasteiger partial charge in [0.25, 0.3) is 0 Å². The number of likely N-dealkylation sites (tertiary alicyclic amines) is 1. The Hall–Kier alpha value is -1.59. The fraction of sp³-hybridized carbons (Fsp3) is 0.650. The molecule has 138 valence electrons. The molecule has 2 aliphatic rings. The van der Waals surface area contributed by atoms with Crippen LogP contribution in [0.2, 0.25) is 0 Å². The van der Waals surface area contributed by atoms with Gasteiger partial charge >= 0.3 is 0 Å². The van der Waals surface area contributed by atoms with Gasteiger partial charge in [0.15, 0.2) is 0 Å². The van der Waals surface area contributed by atoms with Gasteiger partial charge in [0.2, 0.25) is 5.91 Å². The SMILES string of the molecule is CCN1CCN(C(=O)C2CCN(Cc3cccc(OC)c3)CC2)CC1. The van der Waals surface area contributed by atoms with Crippen LogP contribution in [0.5, 0.6) is 5.75 Å². The Morgan fingerprint density at radius 2 is 1.80 bits per heavy atom. The predicted molar refractivity (Wildman–Crippen MR) is 99.7 cm³/mol. The molecule has 25 heavy (non-hydrogen) atoms. The first-order valence-corrected chi connectivity index (χ1v) is 9.56. The molecule has 0 aliphatic carbocycles. The van der Waals surface area contributed by atoms with E-state index in [1.807, 2.05) is 12.1 Å². The van der Waals surface area contributed by atoms with E-state index in [9.17, 15) is 4.79 Å². The van der Waals surface area contributed by atoms with Crippen molar-refractivity contribution in [1.82, 2.24) is 14.7 Å². The molecule has 3 rings (SSSR count). The number of carbonyl (C=O) groups excluding carboxylic acids is 1. The molecule has 0 atom stereocenters. The first kappa shape index (κ1) is 18.2. The summed E-state index contributed by atoms with van der Waals surface area (Å²) in [5.74, 6) is 1.51. The topological polar surface area (TPSA) is 36.0 Å². The maximum atomic E-state index is 12.8. The number of hydrogen-bond donors (Lipinski definition) is 0. The summed E-state index contributed by atoms with van der Waals surface area (Å²) >= 11 is 0. The van der Waals surface area contributed by atoms with E-state index in [4.69, 9.17) is 4.74 Å². The second-order valence-electron chi connectivity index (χ2n) is 7.16. The minimum atomic E-state index is 0.217. The number of carbonyl (C=O) groups is 1. The lowest BCUT2D eigenvalue weighted by Gasteiger charge is -2.38. The monoisotopic (exact) mass is 345 g/mol. The number of amides is 1. The highest BCUT2D eigenvalue weighted by atomic mass is 16.5. The highest BCUT2D eigenvalue weighted by molar-refractivity contribution is 5.79.